The fraction of sp³-hybridized carbons (Fsp3) is 0.0909. The SMILES string of the molecule is Cc1cc(C)c(B(c2cc(-c3ccc(N(c4ccccc4)c4ccccc4)cc3)ccc2-c2ccc(-c3ccc(N(c4ccccc4)c4ccccc4)cc3)cc2)c2c(C)cc(C)cc2C)c(C)c1. The molecule has 0 amide bonds. The van der Waals surface area contributed by atoms with Crippen molar-refractivity contribution in [1.29, 1.82) is 0 Å². The van der Waals surface area contributed by atoms with Gasteiger partial charge in [0.05, 0.1) is 0 Å². The Balaban J connectivity index is 1.08. The fourth-order valence-electron chi connectivity index (χ4n) is 10.6. The van der Waals surface area contributed by atoms with Gasteiger partial charge in [0.2, 0.25) is 6.71 Å². The molecule has 0 N–H and O–H groups in total. The molecule has 0 aromatic heterocycles. The van der Waals surface area contributed by atoms with Crippen molar-refractivity contribution >= 4 is 57.2 Å². The molecule has 0 aliphatic rings. The number of aryl methyl sites for hydroxylation is 6. The first-order valence-electron chi connectivity index (χ1n) is 24.1. The van der Waals surface area contributed by atoms with Gasteiger partial charge < -0.3 is 9.80 Å². The number of anilines is 6. The van der Waals surface area contributed by atoms with Gasteiger partial charge in [0.1, 0.15) is 0 Å². The summed E-state index contributed by atoms with van der Waals surface area (Å²) in [6.07, 6.45) is 0. The van der Waals surface area contributed by atoms with E-state index < -0.39 is 0 Å². The van der Waals surface area contributed by atoms with Crippen LogP contribution in [0, 0.1) is 41.5 Å². The lowest BCUT2D eigenvalue weighted by Crippen LogP contribution is -2.56. The summed E-state index contributed by atoms with van der Waals surface area (Å²) in [6.45, 7) is 13.6. The van der Waals surface area contributed by atoms with E-state index in [4.69, 9.17) is 0 Å². The predicted octanol–water partition coefficient (Wildman–Crippen LogP) is 16.0. The van der Waals surface area contributed by atoms with E-state index in [-0.39, 0.29) is 6.71 Å². The number of benzene rings is 10. The Morgan fingerprint density at radius 2 is 0.536 bits per heavy atom. The topological polar surface area (TPSA) is 6.48 Å². The number of hydrogen-bond acceptors (Lipinski definition) is 2. The summed E-state index contributed by atoms with van der Waals surface area (Å²) in [5.74, 6) is 0. The third-order valence-corrected chi connectivity index (χ3v) is 13.6. The molecule has 2 nitrogen and oxygen atoms in total. The maximum atomic E-state index is 2.48. The maximum absolute atomic E-state index is 2.48. The van der Waals surface area contributed by atoms with E-state index in [1.54, 1.807) is 0 Å². The van der Waals surface area contributed by atoms with Crippen LogP contribution in [0.3, 0.4) is 0 Å². The van der Waals surface area contributed by atoms with Crippen molar-refractivity contribution in [2.75, 3.05) is 9.80 Å². The summed E-state index contributed by atoms with van der Waals surface area (Å²) in [7, 11) is 0. The fourth-order valence-corrected chi connectivity index (χ4v) is 10.6. The molecule has 334 valence electrons. The summed E-state index contributed by atoms with van der Waals surface area (Å²) in [6, 6.07) is 86.3. The molecule has 3 heteroatoms. The van der Waals surface area contributed by atoms with Gasteiger partial charge in [-0.2, -0.15) is 0 Å². The minimum Gasteiger partial charge on any atom is -0.311 e. The molecule has 0 bridgehead atoms. The number of para-hydroxylation sites is 4. The molecule has 69 heavy (non-hydrogen) atoms. The van der Waals surface area contributed by atoms with Crippen molar-refractivity contribution < 1.29 is 0 Å². The Bertz CT molecular complexity index is 3170. The molecule has 0 aliphatic heterocycles. The highest BCUT2D eigenvalue weighted by atomic mass is 15.1. The zero-order chi connectivity index (χ0) is 47.4. The highest BCUT2D eigenvalue weighted by molar-refractivity contribution is 6.97. The van der Waals surface area contributed by atoms with Gasteiger partial charge in [0.25, 0.3) is 0 Å². The van der Waals surface area contributed by atoms with Crippen molar-refractivity contribution in [1.82, 2.24) is 0 Å². The highest BCUT2D eigenvalue weighted by Crippen LogP contribution is 2.38. The van der Waals surface area contributed by atoms with Crippen LogP contribution in [0.15, 0.2) is 237 Å². The molecule has 0 aliphatic carbocycles. The molecule has 10 aromatic carbocycles. The van der Waals surface area contributed by atoms with Crippen molar-refractivity contribution in [3.63, 3.8) is 0 Å². The van der Waals surface area contributed by atoms with Gasteiger partial charge in [-0.05, 0) is 148 Å². The third kappa shape index (κ3) is 9.29. The number of rotatable bonds is 12. The van der Waals surface area contributed by atoms with Crippen LogP contribution in [0.2, 0.25) is 0 Å². The van der Waals surface area contributed by atoms with Crippen molar-refractivity contribution in [3.8, 4) is 33.4 Å². The largest absolute Gasteiger partial charge is 0.311 e. The smallest absolute Gasteiger partial charge is 0.243 e. The van der Waals surface area contributed by atoms with Crippen LogP contribution in [-0.2, 0) is 0 Å². The molecule has 0 fully saturated rings. The van der Waals surface area contributed by atoms with Gasteiger partial charge in [-0.15, -0.1) is 0 Å². The van der Waals surface area contributed by atoms with Crippen LogP contribution < -0.4 is 26.2 Å². The number of hydrogen-bond donors (Lipinski definition) is 0. The Morgan fingerprint density at radius 3 is 0.884 bits per heavy atom. The van der Waals surface area contributed by atoms with E-state index in [1.165, 1.54) is 83.1 Å². The normalized spacial score (nSPS) is 11.0. The van der Waals surface area contributed by atoms with Crippen LogP contribution in [0.25, 0.3) is 33.4 Å². The highest BCUT2D eigenvalue weighted by Gasteiger charge is 2.31. The van der Waals surface area contributed by atoms with E-state index in [2.05, 4.69) is 288 Å². The van der Waals surface area contributed by atoms with Crippen molar-refractivity contribution in [3.05, 3.63) is 270 Å². The second kappa shape index (κ2) is 19.6. The van der Waals surface area contributed by atoms with Crippen LogP contribution in [0.4, 0.5) is 34.1 Å². The quantitative estimate of drug-likeness (QED) is 0.113. The average Bonchev–Trinajstić information content (AvgIpc) is 3.37. The van der Waals surface area contributed by atoms with Gasteiger partial charge in [0.15, 0.2) is 0 Å². The van der Waals surface area contributed by atoms with Gasteiger partial charge in [0, 0.05) is 34.1 Å². The van der Waals surface area contributed by atoms with Gasteiger partial charge >= 0.3 is 0 Å². The lowest BCUT2D eigenvalue weighted by molar-refractivity contribution is 1.28. The van der Waals surface area contributed by atoms with Gasteiger partial charge in [-0.1, -0.05) is 214 Å². The summed E-state index contributed by atoms with van der Waals surface area (Å²) < 4.78 is 0. The molecule has 0 saturated heterocycles. The van der Waals surface area contributed by atoms with Crippen LogP contribution in [-0.4, -0.2) is 6.71 Å². The second-order valence-corrected chi connectivity index (χ2v) is 18.5. The zero-order valence-electron chi connectivity index (χ0n) is 40.5. The predicted molar refractivity (Wildman–Crippen MR) is 298 cm³/mol. The maximum Gasteiger partial charge on any atom is 0.243 e. The van der Waals surface area contributed by atoms with E-state index in [9.17, 15) is 0 Å². The van der Waals surface area contributed by atoms with E-state index in [0.717, 1.165) is 34.1 Å². The molecule has 0 spiro atoms. The first-order chi connectivity index (χ1) is 33.7. The Hall–Kier alpha value is -8.14. The van der Waals surface area contributed by atoms with E-state index >= 15 is 0 Å². The summed E-state index contributed by atoms with van der Waals surface area (Å²) in [4.78, 5) is 4.63. The van der Waals surface area contributed by atoms with Crippen molar-refractivity contribution in [2.45, 2.75) is 41.5 Å². The Kier molecular flexibility index (Phi) is 12.7. The third-order valence-electron chi connectivity index (χ3n) is 13.6. The molecular weight excluding hydrogens is 832 g/mol. The van der Waals surface area contributed by atoms with Crippen molar-refractivity contribution in [2.24, 2.45) is 0 Å². The van der Waals surface area contributed by atoms with E-state index in [1.807, 2.05) is 0 Å². The minimum atomic E-state index is -0.00327. The number of nitrogens with zero attached hydrogens (tertiary/aromatic N) is 2. The lowest BCUT2D eigenvalue weighted by atomic mass is 9.33. The first kappa shape index (κ1) is 44.7. The monoisotopic (exact) mass is 888 g/mol. The van der Waals surface area contributed by atoms with Gasteiger partial charge in [-0.25, -0.2) is 0 Å². The summed E-state index contributed by atoms with van der Waals surface area (Å²) in [5.41, 5.74) is 25.8. The molecule has 0 unspecified atom stereocenters. The van der Waals surface area contributed by atoms with Crippen LogP contribution in [0.1, 0.15) is 33.4 Å². The molecule has 10 aromatic rings. The second-order valence-electron chi connectivity index (χ2n) is 18.5. The summed E-state index contributed by atoms with van der Waals surface area (Å²) in [5, 5.41) is 0. The molecule has 0 atom stereocenters. The molecule has 0 radical (unpaired) electrons. The molecule has 10 rings (SSSR count). The zero-order valence-corrected chi connectivity index (χ0v) is 40.5. The Labute approximate surface area is 409 Å². The van der Waals surface area contributed by atoms with Gasteiger partial charge in [-0.3, -0.25) is 0 Å². The molecule has 0 heterocycles. The molecule has 0 saturated carbocycles. The van der Waals surface area contributed by atoms with Crippen LogP contribution >= 0.6 is 0 Å². The van der Waals surface area contributed by atoms with E-state index in [0.29, 0.717) is 0 Å². The standard InChI is InChI=1S/C66H57BN2/c1-46-41-48(3)65(49(4)42-46)67(66-50(5)43-47(2)44-51(66)6)64-45-56(54-33-38-62(39-34-54)69(59-23-15-9-16-24-59)60-25-17-10-18-26-60)35-40-63(64)55-29-27-52(28-30-55)53-31-36-61(37-32-53)68(57-19-11-7-12-20-57)58-21-13-8-14-22-58/h7-45H,1-6H3. The first-order valence-corrected chi connectivity index (χ1v) is 24.1. The Morgan fingerprint density at radius 1 is 0.261 bits per heavy atom. The minimum absolute atomic E-state index is 0.00327. The lowest BCUT2D eigenvalue weighted by Gasteiger charge is -2.27. The molecular formula is C66H57BN2. The van der Waals surface area contributed by atoms with Crippen LogP contribution in [0.5, 0.6) is 0 Å². The summed E-state index contributed by atoms with van der Waals surface area (Å²) >= 11 is 0. The average molecular weight is 889 g/mol.